The van der Waals surface area contributed by atoms with Crippen LogP contribution in [0.15, 0.2) is 47.4 Å². The van der Waals surface area contributed by atoms with Gasteiger partial charge in [-0.05, 0) is 42.9 Å². The first kappa shape index (κ1) is 16.0. The van der Waals surface area contributed by atoms with Crippen molar-refractivity contribution in [3.05, 3.63) is 63.1 Å². The molecule has 1 N–H and O–H groups in total. The number of halogens is 3. The highest BCUT2D eigenvalue weighted by molar-refractivity contribution is 7.99. The first-order valence-corrected chi connectivity index (χ1v) is 8.23. The van der Waals surface area contributed by atoms with Gasteiger partial charge in [-0.2, -0.15) is 0 Å². The molecule has 0 heterocycles. The van der Waals surface area contributed by atoms with Gasteiger partial charge in [0.05, 0.1) is 10.0 Å². The number of thioether (sulfide) groups is 1. The minimum absolute atomic E-state index is 0.141. The molecule has 2 aromatic rings. The Hall–Kier alpha value is -0.380. The lowest BCUT2D eigenvalue weighted by molar-refractivity contribution is 0.662. The molecule has 1 nitrogen and oxygen atoms in total. The highest BCUT2D eigenvalue weighted by atomic mass is 35.5. The van der Waals surface area contributed by atoms with Gasteiger partial charge in [-0.25, -0.2) is 0 Å². The second-order valence-electron chi connectivity index (χ2n) is 4.25. The Kier molecular flexibility index (Phi) is 6.06. The summed E-state index contributed by atoms with van der Waals surface area (Å²) in [6.07, 6.45) is 0. The van der Waals surface area contributed by atoms with E-state index < -0.39 is 0 Å². The van der Waals surface area contributed by atoms with E-state index in [9.17, 15) is 0 Å². The van der Waals surface area contributed by atoms with Gasteiger partial charge in [0.2, 0.25) is 0 Å². The van der Waals surface area contributed by atoms with Gasteiger partial charge in [0.25, 0.3) is 0 Å². The molecule has 1 atom stereocenters. The van der Waals surface area contributed by atoms with E-state index in [0.29, 0.717) is 10.0 Å². The molecule has 20 heavy (non-hydrogen) atoms. The van der Waals surface area contributed by atoms with Crippen molar-refractivity contribution in [2.75, 3.05) is 12.8 Å². The van der Waals surface area contributed by atoms with Gasteiger partial charge < -0.3 is 5.32 Å². The Morgan fingerprint density at radius 2 is 1.75 bits per heavy atom. The van der Waals surface area contributed by atoms with Gasteiger partial charge in [-0.1, -0.05) is 46.9 Å². The molecule has 0 saturated carbocycles. The van der Waals surface area contributed by atoms with Crippen LogP contribution in [0.25, 0.3) is 0 Å². The summed E-state index contributed by atoms with van der Waals surface area (Å²) < 4.78 is 0. The lowest BCUT2D eigenvalue weighted by Gasteiger charge is -2.18. The van der Waals surface area contributed by atoms with Crippen LogP contribution < -0.4 is 5.32 Å². The Bertz CT molecular complexity index is 572. The molecule has 0 radical (unpaired) electrons. The van der Waals surface area contributed by atoms with Gasteiger partial charge in [0, 0.05) is 21.7 Å². The lowest BCUT2D eigenvalue weighted by atomic mass is 10.1. The Labute approximate surface area is 138 Å². The van der Waals surface area contributed by atoms with Crippen molar-refractivity contribution < 1.29 is 0 Å². The fraction of sp³-hybridized carbons (Fsp3) is 0.200. The quantitative estimate of drug-likeness (QED) is 0.697. The summed E-state index contributed by atoms with van der Waals surface area (Å²) in [4.78, 5) is 1.17. The zero-order valence-corrected chi connectivity index (χ0v) is 14.0. The Morgan fingerprint density at radius 3 is 2.40 bits per heavy atom. The van der Waals surface area contributed by atoms with E-state index in [2.05, 4.69) is 5.32 Å². The second-order valence-corrected chi connectivity index (χ2v) is 6.56. The largest absolute Gasteiger partial charge is 0.312 e. The molecule has 0 aliphatic heterocycles. The van der Waals surface area contributed by atoms with Crippen molar-refractivity contribution >= 4 is 46.6 Å². The number of benzene rings is 2. The third kappa shape index (κ3) is 4.06. The fourth-order valence-corrected chi connectivity index (χ4v) is 3.43. The molecular weight excluding hydrogens is 333 g/mol. The maximum absolute atomic E-state index is 6.27. The van der Waals surface area contributed by atoms with Crippen LogP contribution in [-0.4, -0.2) is 12.8 Å². The van der Waals surface area contributed by atoms with Crippen LogP contribution in [-0.2, 0) is 0 Å². The molecule has 5 heteroatoms. The highest BCUT2D eigenvalue weighted by Crippen LogP contribution is 2.33. The van der Waals surface area contributed by atoms with Crippen molar-refractivity contribution in [1.82, 2.24) is 5.32 Å². The second kappa shape index (κ2) is 7.58. The van der Waals surface area contributed by atoms with Crippen LogP contribution in [0.1, 0.15) is 11.6 Å². The zero-order chi connectivity index (χ0) is 14.5. The monoisotopic (exact) mass is 345 g/mol. The minimum Gasteiger partial charge on any atom is -0.312 e. The van der Waals surface area contributed by atoms with Crippen molar-refractivity contribution in [1.29, 1.82) is 0 Å². The lowest BCUT2D eigenvalue weighted by Crippen LogP contribution is -2.19. The maximum Gasteiger partial charge on any atom is 0.0640 e. The Morgan fingerprint density at radius 1 is 1.05 bits per heavy atom. The van der Waals surface area contributed by atoms with E-state index >= 15 is 0 Å². The normalized spacial score (nSPS) is 12.4. The maximum atomic E-state index is 6.27. The van der Waals surface area contributed by atoms with Crippen LogP contribution >= 0.6 is 46.6 Å². The summed E-state index contributed by atoms with van der Waals surface area (Å²) in [6, 6.07) is 13.7. The molecular formula is C15H14Cl3NS. The SMILES string of the molecule is CNC(CSc1ccc(Cl)cc1)c1cccc(Cl)c1Cl. The van der Waals surface area contributed by atoms with Crippen LogP contribution in [0.4, 0.5) is 0 Å². The van der Waals surface area contributed by atoms with Gasteiger partial charge in [-0.15, -0.1) is 11.8 Å². The van der Waals surface area contributed by atoms with Crippen molar-refractivity contribution in [2.24, 2.45) is 0 Å². The molecule has 0 spiro atoms. The average molecular weight is 347 g/mol. The van der Waals surface area contributed by atoms with Crippen molar-refractivity contribution in [3.8, 4) is 0 Å². The average Bonchev–Trinajstić information content (AvgIpc) is 2.45. The highest BCUT2D eigenvalue weighted by Gasteiger charge is 2.15. The number of rotatable bonds is 5. The molecule has 0 saturated heterocycles. The van der Waals surface area contributed by atoms with Crippen LogP contribution in [0.2, 0.25) is 15.1 Å². The van der Waals surface area contributed by atoms with Crippen molar-refractivity contribution in [3.63, 3.8) is 0 Å². The standard InChI is InChI=1S/C15H14Cl3NS/c1-19-14(12-3-2-4-13(17)15(12)18)9-20-11-7-5-10(16)6-8-11/h2-8,14,19H,9H2,1H3. The van der Waals surface area contributed by atoms with Crippen LogP contribution in [0, 0.1) is 0 Å². The zero-order valence-electron chi connectivity index (χ0n) is 10.9. The predicted octanol–water partition coefficient (Wildman–Crippen LogP) is 5.70. The molecule has 0 aliphatic carbocycles. The van der Waals surface area contributed by atoms with Gasteiger partial charge in [0.1, 0.15) is 0 Å². The van der Waals surface area contributed by atoms with E-state index in [1.807, 2.05) is 43.4 Å². The molecule has 2 aromatic carbocycles. The fourth-order valence-electron chi connectivity index (χ4n) is 1.83. The minimum atomic E-state index is 0.141. The molecule has 0 amide bonds. The first-order chi connectivity index (χ1) is 9.61. The third-order valence-corrected chi connectivity index (χ3v) is 5.13. The molecule has 0 aliphatic rings. The van der Waals surface area contributed by atoms with E-state index in [1.165, 1.54) is 4.90 Å². The van der Waals surface area contributed by atoms with Gasteiger partial charge in [-0.3, -0.25) is 0 Å². The molecule has 2 rings (SSSR count). The van der Waals surface area contributed by atoms with E-state index in [4.69, 9.17) is 34.8 Å². The smallest absolute Gasteiger partial charge is 0.0640 e. The summed E-state index contributed by atoms with van der Waals surface area (Å²) >= 11 is 20.0. The van der Waals surface area contributed by atoms with E-state index in [1.54, 1.807) is 17.8 Å². The third-order valence-electron chi connectivity index (χ3n) is 2.94. The molecule has 106 valence electrons. The van der Waals surface area contributed by atoms with Crippen LogP contribution in [0.3, 0.4) is 0 Å². The van der Waals surface area contributed by atoms with E-state index in [0.717, 1.165) is 16.3 Å². The number of nitrogens with one attached hydrogen (secondary N) is 1. The van der Waals surface area contributed by atoms with Gasteiger partial charge in [0.15, 0.2) is 0 Å². The molecule has 0 fully saturated rings. The summed E-state index contributed by atoms with van der Waals surface area (Å²) in [6.45, 7) is 0. The first-order valence-electron chi connectivity index (χ1n) is 6.11. The summed E-state index contributed by atoms with van der Waals surface area (Å²) in [7, 11) is 1.92. The molecule has 0 bridgehead atoms. The van der Waals surface area contributed by atoms with Crippen LogP contribution in [0.5, 0.6) is 0 Å². The van der Waals surface area contributed by atoms with Gasteiger partial charge >= 0.3 is 0 Å². The molecule has 1 unspecified atom stereocenters. The molecule has 0 aromatic heterocycles. The summed E-state index contributed by atoms with van der Waals surface area (Å²) in [5.41, 5.74) is 1.02. The summed E-state index contributed by atoms with van der Waals surface area (Å²) in [5.74, 6) is 0.859. The Balaban J connectivity index is 2.09. The predicted molar refractivity (Wildman–Crippen MR) is 90.4 cm³/mol. The topological polar surface area (TPSA) is 12.0 Å². The number of hydrogen-bond donors (Lipinski definition) is 1. The number of hydrogen-bond acceptors (Lipinski definition) is 2. The van der Waals surface area contributed by atoms with Crippen molar-refractivity contribution in [2.45, 2.75) is 10.9 Å². The van der Waals surface area contributed by atoms with E-state index in [-0.39, 0.29) is 6.04 Å². The summed E-state index contributed by atoms with van der Waals surface area (Å²) in [5, 5.41) is 5.23.